The van der Waals surface area contributed by atoms with Crippen LogP contribution in [0, 0.1) is 17.5 Å². The summed E-state index contributed by atoms with van der Waals surface area (Å²) in [5.74, 6) is -6.26. The number of anilines is 1. The zero-order valence-corrected chi connectivity index (χ0v) is 16.0. The lowest BCUT2D eigenvalue weighted by molar-refractivity contribution is -0.133. The molecule has 1 heterocycles. The normalized spacial score (nSPS) is 20.3. The molecule has 2 aliphatic rings. The average Bonchev–Trinajstić information content (AvgIpc) is 3.27. The lowest BCUT2D eigenvalue weighted by Gasteiger charge is -2.23. The minimum Gasteiger partial charge on any atom is -0.322 e. The van der Waals surface area contributed by atoms with Gasteiger partial charge in [-0.25, -0.2) is 18.0 Å². The molecule has 1 atom stereocenters. The largest absolute Gasteiger partial charge is 0.325 e. The van der Waals surface area contributed by atoms with E-state index in [2.05, 4.69) is 10.6 Å². The Labute approximate surface area is 170 Å². The Morgan fingerprint density at radius 3 is 2.60 bits per heavy atom. The van der Waals surface area contributed by atoms with Gasteiger partial charge < -0.3 is 10.6 Å². The lowest BCUT2D eigenvalue weighted by Crippen LogP contribution is -2.42. The van der Waals surface area contributed by atoms with Gasteiger partial charge >= 0.3 is 6.03 Å². The second kappa shape index (κ2) is 7.16. The fourth-order valence-corrected chi connectivity index (χ4v) is 3.87. The molecule has 0 bridgehead atoms. The molecule has 30 heavy (non-hydrogen) atoms. The summed E-state index contributed by atoms with van der Waals surface area (Å²) < 4.78 is 40.1. The third-order valence-electron chi connectivity index (χ3n) is 5.56. The van der Waals surface area contributed by atoms with E-state index < -0.39 is 53.1 Å². The van der Waals surface area contributed by atoms with Crippen molar-refractivity contribution in [2.45, 2.75) is 31.7 Å². The molecule has 0 aromatic heterocycles. The number of halogens is 3. The zero-order chi connectivity index (χ0) is 21.6. The molecular weight excluding hydrogens is 399 g/mol. The van der Waals surface area contributed by atoms with Crippen molar-refractivity contribution in [1.82, 2.24) is 10.2 Å². The molecule has 4 rings (SSSR count). The van der Waals surface area contributed by atoms with E-state index in [-0.39, 0.29) is 0 Å². The minimum absolute atomic E-state index is 0.590. The van der Waals surface area contributed by atoms with Gasteiger partial charge in [0.15, 0.2) is 17.5 Å². The van der Waals surface area contributed by atoms with E-state index in [1.165, 1.54) is 5.56 Å². The molecule has 2 N–H and O–H groups in total. The number of amides is 4. The third-order valence-corrected chi connectivity index (χ3v) is 5.56. The third kappa shape index (κ3) is 3.20. The average molecular weight is 417 g/mol. The number of rotatable bonds is 4. The molecule has 1 aliphatic carbocycles. The lowest BCUT2D eigenvalue weighted by atomic mass is 9.89. The van der Waals surface area contributed by atoms with Crippen LogP contribution in [-0.4, -0.2) is 29.3 Å². The van der Waals surface area contributed by atoms with Gasteiger partial charge in [-0.15, -0.1) is 0 Å². The molecule has 0 radical (unpaired) electrons. The molecule has 2 aromatic rings. The molecule has 0 unspecified atom stereocenters. The van der Waals surface area contributed by atoms with E-state index in [0.717, 1.165) is 30.9 Å². The van der Waals surface area contributed by atoms with Crippen molar-refractivity contribution in [3.63, 3.8) is 0 Å². The Morgan fingerprint density at radius 2 is 1.83 bits per heavy atom. The summed E-state index contributed by atoms with van der Waals surface area (Å²) in [6.45, 7) is 0.848. The predicted octanol–water partition coefficient (Wildman–Crippen LogP) is 3.00. The smallest absolute Gasteiger partial charge is 0.322 e. The summed E-state index contributed by atoms with van der Waals surface area (Å²) in [6, 6.07) is 6.34. The van der Waals surface area contributed by atoms with Crippen LogP contribution in [-0.2, 0) is 28.0 Å². The second-order valence-corrected chi connectivity index (χ2v) is 7.55. The highest BCUT2D eigenvalue weighted by Gasteiger charge is 2.49. The van der Waals surface area contributed by atoms with Gasteiger partial charge in [0.1, 0.15) is 12.1 Å². The first kappa shape index (κ1) is 19.9. The van der Waals surface area contributed by atoms with Crippen LogP contribution in [0.4, 0.5) is 23.7 Å². The molecule has 1 saturated heterocycles. The van der Waals surface area contributed by atoms with Gasteiger partial charge in [-0.1, -0.05) is 18.2 Å². The number of benzene rings is 2. The van der Waals surface area contributed by atoms with Gasteiger partial charge in [0.2, 0.25) is 5.91 Å². The number of hydrogen-bond donors (Lipinski definition) is 2. The maximum absolute atomic E-state index is 13.8. The van der Waals surface area contributed by atoms with Crippen molar-refractivity contribution in [2.75, 3.05) is 11.9 Å². The van der Waals surface area contributed by atoms with E-state index in [1.807, 2.05) is 12.1 Å². The monoisotopic (exact) mass is 417 g/mol. The predicted molar refractivity (Wildman–Crippen MR) is 101 cm³/mol. The summed E-state index contributed by atoms with van der Waals surface area (Å²) in [6.07, 6.45) is 2.90. The summed E-state index contributed by atoms with van der Waals surface area (Å²) in [7, 11) is 0. The van der Waals surface area contributed by atoms with E-state index in [9.17, 15) is 27.6 Å². The zero-order valence-electron chi connectivity index (χ0n) is 16.0. The van der Waals surface area contributed by atoms with Crippen LogP contribution >= 0.6 is 0 Å². The highest BCUT2D eigenvalue weighted by atomic mass is 19.2. The second-order valence-electron chi connectivity index (χ2n) is 7.55. The van der Waals surface area contributed by atoms with E-state index >= 15 is 0 Å². The van der Waals surface area contributed by atoms with Crippen molar-refractivity contribution < 1.29 is 27.6 Å². The molecule has 156 valence electrons. The van der Waals surface area contributed by atoms with Crippen molar-refractivity contribution in [2.24, 2.45) is 0 Å². The van der Waals surface area contributed by atoms with Crippen LogP contribution in [0.25, 0.3) is 0 Å². The number of fused-ring (bicyclic) bond motifs is 1. The van der Waals surface area contributed by atoms with Gasteiger partial charge in [0, 0.05) is 0 Å². The number of nitrogens with zero attached hydrogens (tertiary/aromatic N) is 1. The first-order valence-electron chi connectivity index (χ1n) is 9.40. The highest BCUT2D eigenvalue weighted by molar-refractivity contribution is 6.10. The summed E-state index contributed by atoms with van der Waals surface area (Å²) in [4.78, 5) is 38.3. The number of imide groups is 1. The molecule has 6 nitrogen and oxygen atoms in total. The number of aryl methyl sites for hydroxylation is 2. The van der Waals surface area contributed by atoms with Crippen LogP contribution in [0.15, 0.2) is 30.3 Å². The van der Waals surface area contributed by atoms with Crippen molar-refractivity contribution in [3.8, 4) is 0 Å². The molecule has 2 aromatic carbocycles. The fourth-order valence-electron chi connectivity index (χ4n) is 3.87. The molecule has 9 heteroatoms. The Bertz CT molecular complexity index is 1090. The standard InChI is InChI=1S/C21H18F3N3O3/c1-21(13-6-5-11-3-2-4-12(11)9-13)19(29)27(20(30)26-21)10-16(28)25-15-8-7-14(22)17(23)18(15)24/h5-9H,2-4,10H2,1H3,(H,25,28)(H,26,30)/t21-/m1/s1. The maximum atomic E-state index is 13.8. The van der Waals surface area contributed by atoms with Gasteiger partial charge in [0.25, 0.3) is 5.91 Å². The number of carbonyl (C=O) groups is 3. The van der Waals surface area contributed by atoms with E-state index in [4.69, 9.17) is 0 Å². The number of hydrogen-bond acceptors (Lipinski definition) is 3. The van der Waals surface area contributed by atoms with Crippen LogP contribution in [0.2, 0.25) is 0 Å². The Hall–Kier alpha value is -3.36. The molecular formula is C21H18F3N3O3. The minimum atomic E-state index is -1.73. The maximum Gasteiger partial charge on any atom is 0.325 e. The van der Waals surface area contributed by atoms with Gasteiger partial charge in [-0.2, -0.15) is 0 Å². The van der Waals surface area contributed by atoms with Gasteiger partial charge in [-0.05, 0) is 55.0 Å². The van der Waals surface area contributed by atoms with Crippen molar-refractivity contribution in [1.29, 1.82) is 0 Å². The van der Waals surface area contributed by atoms with E-state index in [1.54, 1.807) is 13.0 Å². The number of nitrogens with one attached hydrogen (secondary N) is 2. The Kier molecular flexibility index (Phi) is 4.76. The van der Waals surface area contributed by atoms with Crippen molar-refractivity contribution >= 4 is 23.5 Å². The molecule has 4 amide bonds. The number of carbonyl (C=O) groups excluding carboxylic acids is 3. The van der Waals surface area contributed by atoms with Gasteiger partial charge in [-0.3, -0.25) is 14.5 Å². The topological polar surface area (TPSA) is 78.5 Å². The number of urea groups is 1. The first-order chi connectivity index (χ1) is 14.2. The molecule has 0 saturated carbocycles. The van der Waals surface area contributed by atoms with Crippen LogP contribution in [0.3, 0.4) is 0 Å². The summed E-state index contributed by atoms with van der Waals surface area (Å²) in [5, 5.41) is 4.66. The van der Waals surface area contributed by atoms with Crippen molar-refractivity contribution in [3.05, 3.63) is 64.5 Å². The van der Waals surface area contributed by atoms with Crippen LogP contribution < -0.4 is 10.6 Å². The quantitative estimate of drug-likeness (QED) is 0.593. The fraction of sp³-hybridized carbons (Fsp3) is 0.286. The molecule has 0 spiro atoms. The summed E-state index contributed by atoms with van der Waals surface area (Å²) >= 11 is 0. The molecule has 1 fully saturated rings. The SMILES string of the molecule is C[C@]1(c2ccc3c(c2)CCC3)NC(=O)N(CC(=O)Nc2ccc(F)c(F)c2F)C1=O. The molecule has 1 aliphatic heterocycles. The van der Waals surface area contributed by atoms with Gasteiger partial charge in [0.05, 0.1) is 5.69 Å². The first-order valence-corrected chi connectivity index (χ1v) is 9.40. The van der Waals surface area contributed by atoms with Crippen LogP contribution in [0.1, 0.15) is 30.0 Å². The summed E-state index contributed by atoms with van der Waals surface area (Å²) in [5.41, 5.74) is 1.01. The Morgan fingerprint density at radius 1 is 1.10 bits per heavy atom. The van der Waals surface area contributed by atoms with E-state index in [0.29, 0.717) is 16.5 Å². The highest BCUT2D eigenvalue weighted by Crippen LogP contribution is 2.32. The Balaban J connectivity index is 1.52. The van der Waals surface area contributed by atoms with Crippen LogP contribution in [0.5, 0.6) is 0 Å².